The molecule has 1 amide bonds. The van der Waals surface area contributed by atoms with Crippen molar-refractivity contribution in [2.75, 3.05) is 5.32 Å². The van der Waals surface area contributed by atoms with E-state index in [1.165, 1.54) is 0 Å². The molecule has 4 rings (SSSR count). The number of carbonyl (C=O) groups is 1. The van der Waals surface area contributed by atoms with Crippen LogP contribution in [0.25, 0.3) is 16.6 Å². The molecule has 2 aromatic heterocycles. The van der Waals surface area contributed by atoms with Crippen molar-refractivity contribution in [3.63, 3.8) is 0 Å². The summed E-state index contributed by atoms with van der Waals surface area (Å²) < 4.78 is 7.07. The molecule has 3 aromatic rings. The zero-order chi connectivity index (χ0) is 17.6. The molecule has 2 N–H and O–H groups in total. The van der Waals surface area contributed by atoms with Gasteiger partial charge in [-0.2, -0.15) is 0 Å². The SMILES string of the molecule is C=CC1NCc2cc3ccc(C(=O)Nc4cc(C)on4)cc3n2C1=C. The van der Waals surface area contributed by atoms with Crippen molar-refractivity contribution in [1.82, 2.24) is 15.0 Å². The highest BCUT2D eigenvalue weighted by molar-refractivity contribution is 6.06. The first kappa shape index (κ1) is 15.4. The van der Waals surface area contributed by atoms with E-state index in [1.54, 1.807) is 19.1 Å². The van der Waals surface area contributed by atoms with Crippen molar-refractivity contribution in [3.05, 3.63) is 66.6 Å². The minimum atomic E-state index is -0.231. The standard InChI is InChI=1S/C19H18N4O2/c1-4-16-12(3)23-15(10-20-16)8-13-5-6-14(9-17(13)23)19(24)21-18-7-11(2)25-22-18/h4-9,16,20H,1,3,10H2,2H3,(H,21,22,24). The van der Waals surface area contributed by atoms with Crippen LogP contribution in [-0.2, 0) is 6.54 Å². The number of fused-ring (bicyclic) bond motifs is 3. The number of rotatable bonds is 3. The fourth-order valence-corrected chi connectivity index (χ4v) is 3.17. The van der Waals surface area contributed by atoms with E-state index >= 15 is 0 Å². The Hall–Kier alpha value is -3.12. The fourth-order valence-electron chi connectivity index (χ4n) is 3.17. The Bertz CT molecular complexity index is 1010. The predicted molar refractivity (Wildman–Crippen MR) is 97.3 cm³/mol. The van der Waals surface area contributed by atoms with Gasteiger partial charge in [-0.3, -0.25) is 10.1 Å². The Labute approximate surface area is 144 Å². The molecule has 1 aromatic carbocycles. The van der Waals surface area contributed by atoms with Crippen LogP contribution in [0.3, 0.4) is 0 Å². The fraction of sp³-hybridized carbons (Fsp3) is 0.158. The summed E-state index contributed by atoms with van der Waals surface area (Å²) in [6, 6.07) is 9.42. The second kappa shape index (κ2) is 5.75. The van der Waals surface area contributed by atoms with Gasteiger partial charge in [-0.15, -0.1) is 6.58 Å². The third-order valence-electron chi connectivity index (χ3n) is 4.40. The Morgan fingerprint density at radius 2 is 2.28 bits per heavy atom. The van der Waals surface area contributed by atoms with Crippen LogP contribution in [0.4, 0.5) is 5.82 Å². The monoisotopic (exact) mass is 334 g/mol. The zero-order valence-electron chi connectivity index (χ0n) is 13.9. The highest BCUT2D eigenvalue weighted by Crippen LogP contribution is 2.29. The van der Waals surface area contributed by atoms with Crippen molar-refractivity contribution in [1.29, 1.82) is 0 Å². The van der Waals surface area contributed by atoms with Crippen LogP contribution in [0.15, 0.2) is 54.1 Å². The predicted octanol–water partition coefficient (Wildman–Crippen LogP) is 3.32. The Morgan fingerprint density at radius 3 is 3.00 bits per heavy atom. The van der Waals surface area contributed by atoms with Crippen LogP contribution in [0.2, 0.25) is 0 Å². The van der Waals surface area contributed by atoms with Crippen molar-refractivity contribution in [3.8, 4) is 0 Å². The first-order valence-electron chi connectivity index (χ1n) is 8.01. The van der Waals surface area contributed by atoms with Crippen LogP contribution in [-0.4, -0.2) is 21.7 Å². The molecule has 6 nitrogen and oxygen atoms in total. The summed E-state index contributed by atoms with van der Waals surface area (Å²) in [6.45, 7) is 10.5. The molecule has 0 spiro atoms. The number of hydrogen-bond donors (Lipinski definition) is 2. The van der Waals surface area contributed by atoms with Gasteiger partial charge in [0.2, 0.25) is 0 Å². The molecule has 0 aliphatic carbocycles. The normalized spacial score (nSPS) is 16.7. The number of amides is 1. The van der Waals surface area contributed by atoms with Crippen LogP contribution in [0.1, 0.15) is 21.8 Å². The third kappa shape index (κ3) is 2.56. The lowest BCUT2D eigenvalue weighted by molar-refractivity contribution is 0.102. The van der Waals surface area contributed by atoms with Gasteiger partial charge in [-0.1, -0.05) is 23.9 Å². The molecular formula is C19H18N4O2. The zero-order valence-corrected chi connectivity index (χ0v) is 13.9. The smallest absolute Gasteiger partial charge is 0.256 e. The van der Waals surface area contributed by atoms with Crippen molar-refractivity contribution >= 4 is 28.3 Å². The minimum Gasteiger partial charge on any atom is -0.360 e. The van der Waals surface area contributed by atoms with E-state index in [9.17, 15) is 4.79 Å². The summed E-state index contributed by atoms with van der Waals surface area (Å²) in [5.74, 6) is 0.816. The molecule has 1 aliphatic heterocycles. The largest absolute Gasteiger partial charge is 0.360 e. The number of aromatic nitrogens is 2. The summed E-state index contributed by atoms with van der Waals surface area (Å²) in [7, 11) is 0. The number of hydrogen-bond acceptors (Lipinski definition) is 4. The van der Waals surface area contributed by atoms with Gasteiger partial charge in [0.25, 0.3) is 5.91 Å². The molecular weight excluding hydrogens is 316 g/mol. The van der Waals surface area contributed by atoms with Crippen LogP contribution in [0, 0.1) is 6.92 Å². The number of anilines is 1. The molecule has 0 saturated heterocycles. The molecule has 1 atom stereocenters. The van der Waals surface area contributed by atoms with Gasteiger partial charge in [-0.05, 0) is 25.1 Å². The topological polar surface area (TPSA) is 72.1 Å². The molecule has 3 heterocycles. The summed E-state index contributed by atoms with van der Waals surface area (Å²) >= 11 is 0. The average Bonchev–Trinajstić information content (AvgIpc) is 3.17. The van der Waals surface area contributed by atoms with E-state index in [1.807, 2.05) is 18.2 Å². The van der Waals surface area contributed by atoms with Gasteiger partial charge in [0.1, 0.15) is 5.76 Å². The number of carbonyl (C=O) groups excluding carboxylic acids is 1. The van der Waals surface area contributed by atoms with Crippen molar-refractivity contribution < 1.29 is 9.32 Å². The summed E-state index contributed by atoms with van der Waals surface area (Å²) in [5, 5.41) is 11.0. The van der Waals surface area contributed by atoms with Gasteiger partial charge in [-0.25, -0.2) is 0 Å². The number of nitrogens with zero attached hydrogens (tertiary/aromatic N) is 2. The maximum Gasteiger partial charge on any atom is 0.256 e. The number of benzene rings is 1. The maximum absolute atomic E-state index is 12.5. The Kier molecular flexibility index (Phi) is 3.54. The second-order valence-electron chi connectivity index (χ2n) is 6.11. The molecule has 0 saturated carbocycles. The first-order valence-corrected chi connectivity index (χ1v) is 8.01. The van der Waals surface area contributed by atoms with Crippen molar-refractivity contribution in [2.45, 2.75) is 19.5 Å². The quantitative estimate of drug-likeness (QED) is 0.721. The summed E-state index contributed by atoms with van der Waals surface area (Å²) in [6.07, 6.45) is 1.83. The van der Waals surface area contributed by atoms with Crippen molar-refractivity contribution in [2.24, 2.45) is 0 Å². The molecule has 0 radical (unpaired) electrons. The van der Waals surface area contributed by atoms with E-state index in [4.69, 9.17) is 4.52 Å². The van der Waals surface area contributed by atoms with Gasteiger partial charge >= 0.3 is 0 Å². The minimum absolute atomic E-state index is 0.0127. The van der Waals surface area contributed by atoms with E-state index in [-0.39, 0.29) is 11.9 Å². The highest BCUT2D eigenvalue weighted by Gasteiger charge is 2.22. The second-order valence-corrected chi connectivity index (χ2v) is 6.11. The lowest BCUT2D eigenvalue weighted by Crippen LogP contribution is -2.35. The van der Waals surface area contributed by atoms with Gasteiger partial charge in [0.15, 0.2) is 5.82 Å². The van der Waals surface area contributed by atoms with E-state index in [2.05, 4.69) is 39.6 Å². The van der Waals surface area contributed by atoms with Crippen LogP contribution < -0.4 is 10.6 Å². The first-order chi connectivity index (χ1) is 12.1. The number of nitrogens with one attached hydrogen (secondary N) is 2. The third-order valence-corrected chi connectivity index (χ3v) is 4.40. The lowest BCUT2D eigenvalue weighted by atomic mass is 10.1. The van der Waals surface area contributed by atoms with E-state index in [0.29, 0.717) is 17.1 Å². The summed E-state index contributed by atoms with van der Waals surface area (Å²) in [4.78, 5) is 12.5. The molecule has 0 bridgehead atoms. The van der Waals surface area contributed by atoms with E-state index < -0.39 is 0 Å². The van der Waals surface area contributed by atoms with Gasteiger partial charge < -0.3 is 14.4 Å². The lowest BCUT2D eigenvalue weighted by Gasteiger charge is -2.27. The molecule has 6 heteroatoms. The number of aryl methyl sites for hydroxylation is 1. The Morgan fingerprint density at radius 1 is 1.44 bits per heavy atom. The van der Waals surface area contributed by atoms with Crippen LogP contribution >= 0.6 is 0 Å². The van der Waals surface area contributed by atoms with Gasteiger partial charge in [0, 0.05) is 35.0 Å². The molecule has 25 heavy (non-hydrogen) atoms. The van der Waals surface area contributed by atoms with Crippen LogP contribution in [0.5, 0.6) is 0 Å². The maximum atomic E-state index is 12.5. The molecule has 0 fully saturated rings. The highest BCUT2D eigenvalue weighted by atomic mass is 16.5. The molecule has 1 aliphatic rings. The molecule has 126 valence electrons. The van der Waals surface area contributed by atoms with E-state index in [0.717, 1.165) is 28.8 Å². The Balaban J connectivity index is 1.72. The average molecular weight is 334 g/mol. The molecule has 1 unspecified atom stereocenters. The summed E-state index contributed by atoms with van der Waals surface area (Å²) in [5.41, 5.74) is 3.52. The van der Waals surface area contributed by atoms with Gasteiger partial charge in [0.05, 0.1) is 11.6 Å².